The second kappa shape index (κ2) is 5.52. The van der Waals surface area contributed by atoms with Crippen molar-refractivity contribution in [3.8, 4) is 0 Å². The maximum atomic E-state index is 12.0. The van der Waals surface area contributed by atoms with Gasteiger partial charge in [0.1, 0.15) is 5.69 Å². The number of aryl methyl sites for hydroxylation is 1. The predicted molar refractivity (Wildman–Crippen MR) is 63.7 cm³/mol. The molecular weight excluding hydrogens is 220 g/mol. The van der Waals surface area contributed by atoms with Gasteiger partial charge in [-0.25, -0.2) is 0 Å². The smallest absolute Gasteiger partial charge is 0.307 e. The maximum Gasteiger partial charge on any atom is 0.307 e. The van der Waals surface area contributed by atoms with Crippen LogP contribution in [0.25, 0.3) is 0 Å². The lowest BCUT2D eigenvalue weighted by Gasteiger charge is -2.17. The highest BCUT2D eigenvalue weighted by molar-refractivity contribution is 5.93. The van der Waals surface area contributed by atoms with Gasteiger partial charge < -0.3 is 14.2 Å². The second-order valence-corrected chi connectivity index (χ2v) is 3.97. The minimum atomic E-state index is -0.312. The number of carbonyl (C=O) groups excluding carboxylic acids is 2. The van der Waals surface area contributed by atoms with Crippen molar-refractivity contribution in [2.45, 2.75) is 13.3 Å². The normalized spacial score (nSPS) is 10.1. The number of ether oxygens (including phenoxy) is 1. The highest BCUT2D eigenvalue weighted by atomic mass is 16.5. The minimum Gasteiger partial charge on any atom is -0.469 e. The van der Waals surface area contributed by atoms with E-state index in [4.69, 9.17) is 0 Å². The van der Waals surface area contributed by atoms with Crippen LogP contribution in [-0.4, -0.2) is 42.0 Å². The van der Waals surface area contributed by atoms with Crippen molar-refractivity contribution in [3.05, 3.63) is 23.5 Å². The van der Waals surface area contributed by atoms with Gasteiger partial charge in [-0.1, -0.05) is 0 Å². The van der Waals surface area contributed by atoms with Gasteiger partial charge in [0.2, 0.25) is 0 Å². The summed E-state index contributed by atoms with van der Waals surface area (Å²) in [5, 5.41) is 0. The third-order valence-corrected chi connectivity index (χ3v) is 2.82. The van der Waals surface area contributed by atoms with E-state index in [2.05, 4.69) is 4.74 Å². The van der Waals surface area contributed by atoms with Crippen LogP contribution in [0.15, 0.2) is 12.1 Å². The fourth-order valence-corrected chi connectivity index (χ4v) is 1.49. The highest BCUT2D eigenvalue weighted by Gasteiger charge is 2.16. The standard InChI is InChI=1S/C12H18N2O3/c1-9-5-6-10(14(9)3)12(16)13(2)8-7-11(15)17-4/h5-6H,7-8H2,1-4H3. The van der Waals surface area contributed by atoms with Gasteiger partial charge in [0.25, 0.3) is 5.91 Å². The molecule has 17 heavy (non-hydrogen) atoms. The van der Waals surface area contributed by atoms with Crippen LogP contribution in [0.1, 0.15) is 22.6 Å². The van der Waals surface area contributed by atoms with Crippen LogP contribution in [0.5, 0.6) is 0 Å². The third kappa shape index (κ3) is 3.09. The summed E-state index contributed by atoms with van der Waals surface area (Å²) < 4.78 is 6.36. The molecule has 1 rings (SSSR count). The minimum absolute atomic E-state index is 0.0931. The Hall–Kier alpha value is -1.78. The van der Waals surface area contributed by atoms with Gasteiger partial charge >= 0.3 is 5.97 Å². The molecule has 0 atom stereocenters. The van der Waals surface area contributed by atoms with Crippen LogP contribution < -0.4 is 0 Å². The number of nitrogens with zero attached hydrogens (tertiary/aromatic N) is 2. The quantitative estimate of drug-likeness (QED) is 0.734. The molecule has 94 valence electrons. The molecule has 0 aliphatic rings. The molecule has 0 aromatic carbocycles. The number of rotatable bonds is 4. The number of hydrogen-bond acceptors (Lipinski definition) is 3. The predicted octanol–water partition coefficient (Wildman–Crippen LogP) is 0.969. The van der Waals surface area contributed by atoms with Crippen molar-refractivity contribution in [1.29, 1.82) is 0 Å². The van der Waals surface area contributed by atoms with E-state index in [1.807, 2.05) is 24.6 Å². The van der Waals surface area contributed by atoms with Crippen LogP contribution in [0, 0.1) is 6.92 Å². The topological polar surface area (TPSA) is 51.5 Å². The zero-order valence-corrected chi connectivity index (χ0v) is 10.7. The highest BCUT2D eigenvalue weighted by Crippen LogP contribution is 2.08. The molecule has 0 bridgehead atoms. The lowest BCUT2D eigenvalue weighted by atomic mass is 10.3. The first kappa shape index (κ1) is 13.3. The lowest BCUT2D eigenvalue weighted by Crippen LogP contribution is -2.30. The summed E-state index contributed by atoms with van der Waals surface area (Å²) in [5.74, 6) is -0.405. The average molecular weight is 238 g/mol. The fourth-order valence-electron chi connectivity index (χ4n) is 1.49. The van der Waals surface area contributed by atoms with Crippen LogP contribution in [0.3, 0.4) is 0 Å². The summed E-state index contributed by atoms with van der Waals surface area (Å²) in [5.41, 5.74) is 1.64. The first-order chi connectivity index (χ1) is 7.97. The summed E-state index contributed by atoms with van der Waals surface area (Å²) in [6.07, 6.45) is 0.210. The molecule has 1 amide bonds. The molecule has 1 aromatic heterocycles. The van der Waals surface area contributed by atoms with Gasteiger partial charge in [0.15, 0.2) is 0 Å². The van der Waals surface area contributed by atoms with E-state index in [9.17, 15) is 9.59 Å². The van der Waals surface area contributed by atoms with E-state index in [1.54, 1.807) is 13.1 Å². The molecule has 5 heteroatoms. The van der Waals surface area contributed by atoms with Crippen LogP contribution >= 0.6 is 0 Å². The second-order valence-electron chi connectivity index (χ2n) is 3.97. The molecule has 0 N–H and O–H groups in total. The summed E-state index contributed by atoms with van der Waals surface area (Å²) >= 11 is 0. The Bertz CT molecular complexity index is 423. The summed E-state index contributed by atoms with van der Waals surface area (Å²) in [7, 11) is 4.86. The van der Waals surface area contributed by atoms with Crippen molar-refractivity contribution in [1.82, 2.24) is 9.47 Å². The van der Waals surface area contributed by atoms with Crippen LogP contribution in [-0.2, 0) is 16.6 Å². The Morgan fingerprint density at radius 2 is 2.06 bits per heavy atom. The van der Waals surface area contributed by atoms with E-state index in [-0.39, 0.29) is 18.3 Å². The summed E-state index contributed by atoms with van der Waals surface area (Å²) in [6, 6.07) is 3.67. The number of esters is 1. The summed E-state index contributed by atoms with van der Waals surface area (Å²) in [4.78, 5) is 24.5. The molecular formula is C12H18N2O3. The average Bonchev–Trinajstić information content (AvgIpc) is 2.65. The number of methoxy groups -OCH3 is 1. The monoisotopic (exact) mass is 238 g/mol. The van der Waals surface area contributed by atoms with E-state index >= 15 is 0 Å². The van der Waals surface area contributed by atoms with Gasteiger partial charge in [-0.15, -0.1) is 0 Å². The zero-order chi connectivity index (χ0) is 13.0. The van der Waals surface area contributed by atoms with Gasteiger partial charge in [-0.3, -0.25) is 9.59 Å². The van der Waals surface area contributed by atoms with Gasteiger partial charge in [-0.2, -0.15) is 0 Å². The van der Waals surface area contributed by atoms with Crippen molar-refractivity contribution in [3.63, 3.8) is 0 Å². The van der Waals surface area contributed by atoms with E-state index in [0.29, 0.717) is 12.2 Å². The van der Waals surface area contributed by atoms with Crippen LogP contribution in [0.2, 0.25) is 0 Å². The number of carbonyl (C=O) groups is 2. The molecule has 1 heterocycles. The van der Waals surface area contributed by atoms with Crippen molar-refractivity contribution < 1.29 is 14.3 Å². The van der Waals surface area contributed by atoms with Crippen LogP contribution in [0.4, 0.5) is 0 Å². The molecule has 5 nitrogen and oxygen atoms in total. The molecule has 0 aliphatic carbocycles. The van der Waals surface area contributed by atoms with E-state index < -0.39 is 0 Å². The Kier molecular flexibility index (Phi) is 4.31. The Balaban J connectivity index is 2.64. The van der Waals surface area contributed by atoms with E-state index in [0.717, 1.165) is 5.69 Å². The molecule has 0 fully saturated rings. The van der Waals surface area contributed by atoms with Gasteiger partial charge in [-0.05, 0) is 19.1 Å². The van der Waals surface area contributed by atoms with Gasteiger partial charge in [0, 0.05) is 26.3 Å². The molecule has 0 unspecified atom stereocenters. The Morgan fingerprint density at radius 3 is 2.53 bits per heavy atom. The Labute approximate surface area is 101 Å². The largest absolute Gasteiger partial charge is 0.469 e. The molecule has 1 aromatic rings. The number of aromatic nitrogens is 1. The molecule has 0 radical (unpaired) electrons. The maximum absolute atomic E-state index is 12.0. The molecule has 0 saturated heterocycles. The van der Waals surface area contributed by atoms with Crippen molar-refractivity contribution in [2.75, 3.05) is 20.7 Å². The van der Waals surface area contributed by atoms with Gasteiger partial charge in [0.05, 0.1) is 13.5 Å². The zero-order valence-electron chi connectivity index (χ0n) is 10.7. The SMILES string of the molecule is COC(=O)CCN(C)C(=O)c1ccc(C)n1C. The molecule has 0 aliphatic heterocycles. The first-order valence-electron chi connectivity index (χ1n) is 5.42. The third-order valence-electron chi connectivity index (χ3n) is 2.82. The lowest BCUT2D eigenvalue weighted by molar-refractivity contribution is -0.140. The Morgan fingerprint density at radius 1 is 1.41 bits per heavy atom. The molecule has 0 saturated carbocycles. The van der Waals surface area contributed by atoms with Crippen molar-refractivity contribution >= 4 is 11.9 Å². The summed E-state index contributed by atoms with van der Waals surface area (Å²) in [6.45, 7) is 2.29. The van der Waals surface area contributed by atoms with E-state index in [1.165, 1.54) is 12.0 Å². The number of amides is 1. The first-order valence-corrected chi connectivity index (χ1v) is 5.42. The number of hydrogen-bond donors (Lipinski definition) is 0. The van der Waals surface area contributed by atoms with Crippen molar-refractivity contribution in [2.24, 2.45) is 7.05 Å². The molecule has 0 spiro atoms. The fraction of sp³-hybridized carbons (Fsp3) is 0.500.